The van der Waals surface area contributed by atoms with E-state index in [1.165, 1.54) is 28.8 Å². The summed E-state index contributed by atoms with van der Waals surface area (Å²) in [4.78, 5) is 38.7. The number of hydrogen-bond donors (Lipinski definition) is 2. The Morgan fingerprint density at radius 3 is 2.48 bits per heavy atom. The predicted molar refractivity (Wildman–Crippen MR) is 103 cm³/mol. The molecule has 2 aromatic carbocycles. The fourth-order valence-electron chi connectivity index (χ4n) is 2.11. The van der Waals surface area contributed by atoms with Gasteiger partial charge in [0.1, 0.15) is 10.7 Å². The van der Waals surface area contributed by atoms with Crippen molar-refractivity contribution in [2.24, 2.45) is 0 Å². The molecule has 0 aliphatic heterocycles. The number of hydrazine groups is 1. The molecule has 136 valence electrons. The number of thiazole rings is 1. The van der Waals surface area contributed by atoms with Gasteiger partial charge in [-0.1, -0.05) is 28.1 Å². The number of carbonyl (C=O) groups is 2. The second-order valence-electron chi connectivity index (χ2n) is 5.26. The van der Waals surface area contributed by atoms with Gasteiger partial charge in [-0.3, -0.25) is 30.6 Å². The maximum Gasteiger partial charge on any atom is 0.289 e. The number of aromatic nitrogens is 1. The van der Waals surface area contributed by atoms with Crippen LogP contribution in [-0.2, 0) is 0 Å². The summed E-state index contributed by atoms with van der Waals surface area (Å²) in [7, 11) is 0. The molecule has 3 rings (SSSR count). The molecule has 8 nitrogen and oxygen atoms in total. The Bertz CT molecular complexity index is 1020. The molecular formula is C17H11BrN4O4S. The lowest BCUT2D eigenvalue weighted by Gasteiger charge is -2.06. The van der Waals surface area contributed by atoms with Crippen molar-refractivity contribution < 1.29 is 14.5 Å². The van der Waals surface area contributed by atoms with Crippen molar-refractivity contribution in [1.29, 1.82) is 0 Å². The molecule has 0 aliphatic rings. The van der Waals surface area contributed by atoms with Crippen LogP contribution in [0.5, 0.6) is 0 Å². The van der Waals surface area contributed by atoms with Gasteiger partial charge in [-0.15, -0.1) is 11.3 Å². The molecule has 0 spiro atoms. The predicted octanol–water partition coefficient (Wildman–Crippen LogP) is 3.56. The van der Waals surface area contributed by atoms with Crippen LogP contribution >= 0.6 is 27.3 Å². The Labute approximate surface area is 165 Å². The largest absolute Gasteiger partial charge is 0.289 e. The summed E-state index contributed by atoms with van der Waals surface area (Å²) in [5.41, 5.74) is 5.56. The Kier molecular flexibility index (Phi) is 5.57. The molecule has 0 unspecified atom stereocenters. The second kappa shape index (κ2) is 8.06. The first kappa shape index (κ1) is 18.7. The van der Waals surface area contributed by atoms with Crippen molar-refractivity contribution in [3.05, 3.63) is 79.8 Å². The third-order valence-electron chi connectivity index (χ3n) is 3.44. The molecule has 0 saturated heterocycles. The zero-order valence-corrected chi connectivity index (χ0v) is 15.9. The molecule has 0 fully saturated rings. The number of halogens is 1. The van der Waals surface area contributed by atoms with E-state index >= 15 is 0 Å². The van der Waals surface area contributed by atoms with Gasteiger partial charge < -0.3 is 0 Å². The standard InChI is InChI=1S/C17H11BrN4O4S/c18-12-6-4-10(5-7-12)15(23)20-21-16(24)14-9-27-17(19-14)11-2-1-3-13(8-11)22(25)26/h1-9H,(H,20,23)(H,21,24). The number of benzene rings is 2. The number of hydrogen-bond acceptors (Lipinski definition) is 6. The van der Waals surface area contributed by atoms with Gasteiger partial charge in [0.15, 0.2) is 0 Å². The Morgan fingerprint density at radius 2 is 1.78 bits per heavy atom. The van der Waals surface area contributed by atoms with E-state index in [1.807, 2.05) is 0 Å². The van der Waals surface area contributed by atoms with Gasteiger partial charge in [0, 0.05) is 33.1 Å². The zero-order chi connectivity index (χ0) is 19.4. The first-order chi connectivity index (χ1) is 12.9. The molecule has 1 aromatic heterocycles. The lowest BCUT2D eigenvalue weighted by Crippen LogP contribution is -2.41. The average molecular weight is 447 g/mol. The van der Waals surface area contributed by atoms with E-state index in [0.717, 1.165) is 4.47 Å². The molecule has 0 saturated carbocycles. The Hall–Kier alpha value is -3.11. The molecule has 0 aliphatic carbocycles. The van der Waals surface area contributed by atoms with Gasteiger partial charge in [-0.2, -0.15) is 0 Å². The maximum absolute atomic E-state index is 12.2. The van der Waals surface area contributed by atoms with Crippen molar-refractivity contribution in [2.75, 3.05) is 0 Å². The van der Waals surface area contributed by atoms with Crippen LogP contribution in [0.4, 0.5) is 5.69 Å². The summed E-state index contributed by atoms with van der Waals surface area (Å²) in [6.45, 7) is 0. The minimum absolute atomic E-state index is 0.0598. The van der Waals surface area contributed by atoms with Crippen molar-refractivity contribution in [3.8, 4) is 10.6 Å². The summed E-state index contributed by atoms with van der Waals surface area (Å²) in [6, 6.07) is 12.6. The number of nitrogens with zero attached hydrogens (tertiary/aromatic N) is 2. The van der Waals surface area contributed by atoms with Crippen molar-refractivity contribution in [3.63, 3.8) is 0 Å². The minimum atomic E-state index is -0.589. The van der Waals surface area contributed by atoms with E-state index in [4.69, 9.17) is 0 Å². The first-order valence-corrected chi connectivity index (χ1v) is 9.18. The van der Waals surface area contributed by atoms with Crippen LogP contribution in [0.25, 0.3) is 10.6 Å². The van der Waals surface area contributed by atoms with E-state index in [0.29, 0.717) is 16.1 Å². The molecule has 0 atom stereocenters. The van der Waals surface area contributed by atoms with Gasteiger partial charge in [0.2, 0.25) is 0 Å². The molecule has 2 amide bonds. The molecule has 0 bridgehead atoms. The molecule has 3 aromatic rings. The Balaban J connectivity index is 1.66. The summed E-state index contributed by atoms with van der Waals surface area (Å²) in [6.07, 6.45) is 0. The van der Waals surface area contributed by atoms with Crippen molar-refractivity contribution in [2.45, 2.75) is 0 Å². The topological polar surface area (TPSA) is 114 Å². The van der Waals surface area contributed by atoms with Crippen LogP contribution in [0, 0.1) is 10.1 Å². The monoisotopic (exact) mass is 446 g/mol. The van der Waals surface area contributed by atoms with Gasteiger partial charge >= 0.3 is 0 Å². The van der Waals surface area contributed by atoms with Crippen molar-refractivity contribution >= 4 is 44.8 Å². The quantitative estimate of drug-likeness (QED) is 0.469. The van der Waals surface area contributed by atoms with Crippen LogP contribution in [0.15, 0.2) is 58.4 Å². The van der Waals surface area contributed by atoms with Gasteiger partial charge in [-0.05, 0) is 24.3 Å². The number of nitro groups is 1. The third kappa shape index (κ3) is 4.54. The smallest absolute Gasteiger partial charge is 0.267 e. The number of non-ortho nitro benzene ring substituents is 1. The number of amides is 2. The number of rotatable bonds is 4. The lowest BCUT2D eigenvalue weighted by molar-refractivity contribution is -0.384. The molecule has 0 radical (unpaired) electrons. The van der Waals surface area contributed by atoms with Crippen LogP contribution in [0.3, 0.4) is 0 Å². The highest BCUT2D eigenvalue weighted by Crippen LogP contribution is 2.26. The van der Waals surface area contributed by atoms with E-state index in [-0.39, 0.29) is 11.4 Å². The van der Waals surface area contributed by atoms with Gasteiger partial charge in [0.05, 0.1) is 4.92 Å². The first-order valence-electron chi connectivity index (χ1n) is 7.50. The molecule has 27 heavy (non-hydrogen) atoms. The molecule has 1 heterocycles. The highest BCUT2D eigenvalue weighted by Gasteiger charge is 2.15. The van der Waals surface area contributed by atoms with E-state index in [1.54, 1.807) is 36.4 Å². The normalized spacial score (nSPS) is 10.3. The highest BCUT2D eigenvalue weighted by molar-refractivity contribution is 9.10. The van der Waals surface area contributed by atoms with Crippen LogP contribution in [-0.4, -0.2) is 21.7 Å². The van der Waals surface area contributed by atoms with Crippen molar-refractivity contribution in [1.82, 2.24) is 15.8 Å². The number of nitro benzene ring substituents is 1. The number of carbonyl (C=O) groups excluding carboxylic acids is 2. The minimum Gasteiger partial charge on any atom is -0.267 e. The maximum atomic E-state index is 12.2. The van der Waals surface area contributed by atoms with E-state index in [2.05, 4.69) is 31.8 Å². The fourth-order valence-corrected chi connectivity index (χ4v) is 3.18. The average Bonchev–Trinajstić information content (AvgIpc) is 3.17. The zero-order valence-electron chi connectivity index (χ0n) is 13.5. The van der Waals surface area contributed by atoms with Crippen LogP contribution < -0.4 is 10.9 Å². The summed E-state index contributed by atoms with van der Waals surface area (Å²) in [5.74, 6) is -1.06. The van der Waals surface area contributed by atoms with E-state index in [9.17, 15) is 19.7 Å². The second-order valence-corrected chi connectivity index (χ2v) is 7.03. The van der Waals surface area contributed by atoms with E-state index < -0.39 is 16.7 Å². The fraction of sp³-hybridized carbons (Fsp3) is 0. The summed E-state index contributed by atoms with van der Waals surface area (Å²) in [5, 5.41) is 12.8. The summed E-state index contributed by atoms with van der Waals surface area (Å²) >= 11 is 4.45. The van der Waals surface area contributed by atoms with Crippen LogP contribution in [0.1, 0.15) is 20.8 Å². The molecular weight excluding hydrogens is 436 g/mol. The lowest BCUT2D eigenvalue weighted by atomic mass is 10.2. The Morgan fingerprint density at radius 1 is 1.07 bits per heavy atom. The third-order valence-corrected chi connectivity index (χ3v) is 4.86. The molecule has 2 N–H and O–H groups in total. The molecule has 10 heteroatoms. The SMILES string of the molecule is O=C(NNC(=O)c1csc(-c2cccc([N+](=O)[O-])c2)n1)c1ccc(Br)cc1. The van der Waals surface area contributed by atoms with Crippen LogP contribution in [0.2, 0.25) is 0 Å². The van der Waals surface area contributed by atoms with Gasteiger partial charge in [0.25, 0.3) is 17.5 Å². The van der Waals surface area contributed by atoms with Gasteiger partial charge in [-0.25, -0.2) is 4.98 Å². The number of nitrogens with one attached hydrogen (secondary N) is 2. The highest BCUT2D eigenvalue weighted by atomic mass is 79.9. The summed E-state index contributed by atoms with van der Waals surface area (Å²) < 4.78 is 0.833.